The van der Waals surface area contributed by atoms with Crippen molar-refractivity contribution in [3.05, 3.63) is 34.7 Å². The van der Waals surface area contributed by atoms with E-state index in [9.17, 15) is 10.1 Å². The SMILES string of the molecule is COc1cc(-c2ncon2)ccc1[N+](=O)[O-]. The smallest absolute Gasteiger partial charge is 0.310 e. The van der Waals surface area contributed by atoms with Crippen LogP contribution in [0.2, 0.25) is 0 Å². The molecule has 0 radical (unpaired) electrons. The molecule has 0 bridgehead atoms. The summed E-state index contributed by atoms with van der Waals surface area (Å²) >= 11 is 0. The minimum Gasteiger partial charge on any atom is -0.490 e. The first-order valence-corrected chi connectivity index (χ1v) is 4.31. The molecule has 0 saturated carbocycles. The molecule has 0 aliphatic heterocycles. The Hall–Kier alpha value is -2.44. The summed E-state index contributed by atoms with van der Waals surface area (Å²) in [5, 5.41) is 14.3. The van der Waals surface area contributed by atoms with E-state index in [0.717, 1.165) is 0 Å². The minimum atomic E-state index is -0.515. The monoisotopic (exact) mass is 221 g/mol. The average molecular weight is 221 g/mol. The van der Waals surface area contributed by atoms with Crippen LogP contribution in [0.25, 0.3) is 11.4 Å². The van der Waals surface area contributed by atoms with Gasteiger partial charge in [-0.25, -0.2) is 0 Å². The zero-order valence-electron chi connectivity index (χ0n) is 8.28. The molecule has 0 aliphatic carbocycles. The van der Waals surface area contributed by atoms with Crippen molar-refractivity contribution >= 4 is 5.69 Å². The van der Waals surface area contributed by atoms with Crippen LogP contribution < -0.4 is 4.74 Å². The number of hydrogen-bond acceptors (Lipinski definition) is 6. The van der Waals surface area contributed by atoms with Gasteiger partial charge in [0.1, 0.15) is 0 Å². The molecule has 0 atom stereocenters. The van der Waals surface area contributed by atoms with E-state index in [-0.39, 0.29) is 11.4 Å². The highest BCUT2D eigenvalue weighted by Gasteiger charge is 2.16. The van der Waals surface area contributed by atoms with Crippen molar-refractivity contribution in [2.24, 2.45) is 0 Å². The second-order valence-electron chi connectivity index (χ2n) is 2.90. The Kier molecular flexibility index (Phi) is 2.50. The molecular formula is C9H7N3O4. The summed E-state index contributed by atoms with van der Waals surface area (Å²) in [6, 6.07) is 4.36. The number of benzene rings is 1. The molecule has 1 heterocycles. The molecule has 0 spiro atoms. The van der Waals surface area contributed by atoms with Crippen LogP contribution in [-0.2, 0) is 0 Å². The largest absolute Gasteiger partial charge is 0.490 e. The number of nitro benzene ring substituents is 1. The molecular weight excluding hydrogens is 214 g/mol. The van der Waals surface area contributed by atoms with Gasteiger partial charge in [-0.05, 0) is 12.1 Å². The Morgan fingerprint density at radius 1 is 1.50 bits per heavy atom. The van der Waals surface area contributed by atoms with Crippen molar-refractivity contribution in [1.29, 1.82) is 0 Å². The first kappa shape index (κ1) is 10.1. The lowest BCUT2D eigenvalue weighted by molar-refractivity contribution is -0.385. The van der Waals surface area contributed by atoms with E-state index >= 15 is 0 Å². The average Bonchev–Trinajstić information content (AvgIpc) is 2.81. The first-order chi connectivity index (χ1) is 7.72. The Bertz CT molecular complexity index is 509. The van der Waals surface area contributed by atoms with Gasteiger partial charge in [-0.2, -0.15) is 4.98 Å². The van der Waals surface area contributed by atoms with Gasteiger partial charge in [0.05, 0.1) is 12.0 Å². The Morgan fingerprint density at radius 3 is 2.88 bits per heavy atom. The van der Waals surface area contributed by atoms with Gasteiger partial charge >= 0.3 is 5.69 Å². The van der Waals surface area contributed by atoms with E-state index in [1.807, 2.05) is 0 Å². The van der Waals surface area contributed by atoms with E-state index < -0.39 is 4.92 Å². The number of ether oxygens (including phenoxy) is 1. The van der Waals surface area contributed by atoms with Crippen molar-refractivity contribution in [1.82, 2.24) is 10.1 Å². The van der Waals surface area contributed by atoms with Crippen LogP contribution in [0.4, 0.5) is 5.69 Å². The number of nitro groups is 1. The van der Waals surface area contributed by atoms with Crippen molar-refractivity contribution < 1.29 is 14.2 Å². The van der Waals surface area contributed by atoms with Gasteiger partial charge in [0, 0.05) is 11.6 Å². The maximum absolute atomic E-state index is 10.7. The number of hydrogen-bond donors (Lipinski definition) is 0. The lowest BCUT2D eigenvalue weighted by Gasteiger charge is -2.02. The van der Waals surface area contributed by atoms with Crippen LogP contribution >= 0.6 is 0 Å². The molecule has 7 heteroatoms. The third-order valence-electron chi connectivity index (χ3n) is 2.00. The van der Waals surface area contributed by atoms with Crippen LogP contribution in [0, 0.1) is 10.1 Å². The number of nitrogens with zero attached hydrogens (tertiary/aromatic N) is 3. The third kappa shape index (κ3) is 1.70. The summed E-state index contributed by atoms with van der Waals surface area (Å²) in [6.45, 7) is 0. The van der Waals surface area contributed by atoms with E-state index in [4.69, 9.17) is 4.74 Å². The van der Waals surface area contributed by atoms with Gasteiger partial charge in [0.15, 0.2) is 5.75 Å². The number of methoxy groups -OCH3 is 1. The van der Waals surface area contributed by atoms with Crippen LogP contribution in [0.15, 0.2) is 29.1 Å². The molecule has 2 aromatic rings. The summed E-state index contributed by atoms with van der Waals surface area (Å²) in [7, 11) is 1.36. The highest BCUT2D eigenvalue weighted by molar-refractivity contribution is 5.62. The molecule has 1 aromatic carbocycles. The second-order valence-corrected chi connectivity index (χ2v) is 2.90. The molecule has 1 aromatic heterocycles. The van der Waals surface area contributed by atoms with Gasteiger partial charge in [-0.3, -0.25) is 10.1 Å². The van der Waals surface area contributed by atoms with E-state index in [2.05, 4.69) is 14.7 Å². The summed E-state index contributed by atoms with van der Waals surface area (Å²) < 4.78 is 9.50. The molecule has 0 amide bonds. The first-order valence-electron chi connectivity index (χ1n) is 4.31. The quantitative estimate of drug-likeness (QED) is 0.578. The maximum atomic E-state index is 10.7. The molecule has 0 N–H and O–H groups in total. The summed E-state index contributed by atoms with van der Waals surface area (Å²) in [4.78, 5) is 14.0. The molecule has 2 rings (SSSR count). The van der Waals surface area contributed by atoms with Crippen molar-refractivity contribution in [3.8, 4) is 17.1 Å². The molecule has 0 fully saturated rings. The molecule has 0 unspecified atom stereocenters. The van der Waals surface area contributed by atoms with Crippen molar-refractivity contribution in [2.75, 3.05) is 7.11 Å². The fraction of sp³-hybridized carbons (Fsp3) is 0.111. The van der Waals surface area contributed by atoms with Crippen LogP contribution in [0.5, 0.6) is 5.75 Å². The van der Waals surface area contributed by atoms with Crippen LogP contribution in [-0.4, -0.2) is 22.2 Å². The van der Waals surface area contributed by atoms with E-state index in [1.165, 1.54) is 31.7 Å². The highest BCUT2D eigenvalue weighted by Crippen LogP contribution is 2.30. The van der Waals surface area contributed by atoms with Crippen LogP contribution in [0.1, 0.15) is 0 Å². The van der Waals surface area contributed by atoms with Gasteiger partial charge in [0.2, 0.25) is 12.2 Å². The lowest BCUT2D eigenvalue weighted by atomic mass is 10.2. The summed E-state index contributed by atoms with van der Waals surface area (Å²) in [6.07, 6.45) is 1.18. The standard InChI is InChI=1S/C9H7N3O4/c1-15-8-4-6(9-10-5-16-11-9)2-3-7(8)12(13)14/h2-5H,1H3. The predicted molar refractivity (Wildman–Crippen MR) is 52.9 cm³/mol. The Labute approximate surface area is 89.8 Å². The van der Waals surface area contributed by atoms with Crippen molar-refractivity contribution in [3.63, 3.8) is 0 Å². The third-order valence-corrected chi connectivity index (χ3v) is 2.00. The normalized spacial score (nSPS) is 10.1. The Morgan fingerprint density at radius 2 is 2.31 bits per heavy atom. The molecule has 7 nitrogen and oxygen atoms in total. The predicted octanol–water partition coefficient (Wildman–Crippen LogP) is 1.65. The topological polar surface area (TPSA) is 91.3 Å². The van der Waals surface area contributed by atoms with Gasteiger partial charge < -0.3 is 9.26 Å². The fourth-order valence-electron chi connectivity index (χ4n) is 1.27. The number of aromatic nitrogens is 2. The molecule has 82 valence electrons. The second kappa shape index (κ2) is 3.97. The van der Waals surface area contributed by atoms with E-state index in [0.29, 0.717) is 11.4 Å². The summed E-state index contributed by atoms with van der Waals surface area (Å²) in [5.41, 5.74) is 0.492. The zero-order valence-corrected chi connectivity index (χ0v) is 8.28. The van der Waals surface area contributed by atoms with E-state index in [1.54, 1.807) is 0 Å². The highest BCUT2D eigenvalue weighted by atomic mass is 16.6. The molecule has 0 saturated heterocycles. The molecule has 16 heavy (non-hydrogen) atoms. The van der Waals surface area contributed by atoms with Gasteiger partial charge in [-0.15, -0.1) is 0 Å². The zero-order chi connectivity index (χ0) is 11.5. The van der Waals surface area contributed by atoms with Gasteiger partial charge in [-0.1, -0.05) is 5.16 Å². The summed E-state index contributed by atoms with van der Waals surface area (Å²) in [5.74, 6) is 0.514. The van der Waals surface area contributed by atoms with Crippen LogP contribution in [0.3, 0.4) is 0 Å². The molecule has 0 aliphatic rings. The maximum Gasteiger partial charge on any atom is 0.310 e. The lowest BCUT2D eigenvalue weighted by Crippen LogP contribution is -1.94. The van der Waals surface area contributed by atoms with Crippen molar-refractivity contribution in [2.45, 2.75) is 0 Å². The van der Waals surface area contributed by atoms with Gasteiger partial charge in [0.25, 0.3) is 0 Å². The Balaban J connectivity index is 2.49. The minimum absolute atomic E-state index is 0.102. The fourth-order valence-corrected chi connectivity index (χ4v) is 1.27. The number of rotatable bonds is 3.